The second kappa shape index (κ2) is 7.53. The van der Waals surface area contributed by atoms with Gasteiger partial charge in [0.25, 0.3) is 0 Å². The van der Waals surface area contributed by atoms with Crippen LogP contribution in [0.25, 0.3) is 0 Å². The van der Waals surface area contributed by atoms with Gasteiger partial charge in [0.1, 0.15) is 5.60 Å². The lowest BCUT2D eigenvalue weighted by molar-refractivity contribution is 0.0258. The first-order chi connectivity index (χ1) is 9.98. The molecule has 0 radical (unpaired) electrons. The normalized spacial score (nSPS) is 16.5. The maximum absolute atomic E-state index is 12.0. The highest BCUT2D eigenvalue weighted by atomic mass is 28.4. The quantitative estimate of drug-likeness (QED) is 0.682. The van der Waals surface area contributed by atoms with Crippen molar-refractivity contribution < 1.29 is 14.0 Å². The summed E-state index contributed by atoms with van der Waals surface area (Å²) in [4.78, 5) is 13.8. The summed E-state index contributed by atoms with van der Waals surface area (Å²) < 4.78 is 11.7. The Morgan fingerprint density at radius 1 is 1.36 bits per heavy atom. The van der Waals surface area contributed by atoms with Gasteiger partial charge in [-0.2, -0.15) is 0 Å². The number of nitrogens with zero attached hydrogens (tertiary/aromatic N) is 1. The van der Waals surface area contributed by atoms with Crippen molar-refractivity contribution in [3.8, 4) is 0 Å². The molecule has 0 bridgehead atoms. The second-order valence-electron chi connectivity index (χ2n) is 8.14. The summed E-state index contributed by atoms with van der Waals surface area (Å²) in [5.74, 6) is 1.78. The molecule has 1 aliphatic heterocycles. The van der Waals surface area contributed by atoms with E-state index in [1.165, 1.54) is 12.5 Å². The summed E-state index contributed by atoms with van der Waals surface area (Å²) in [6.45, 7) is 16.0. The lowest BCUT2D eigenvalue weighted by atomic mass is 10.2. The number of ether oxygens (including phenoxy) is 1. The summed E-state index contributed by atoms with van der Waals surface area (Å²) in [6.07, 6.45) is 3.81. The van der Waals surface area contributed by atoms with Crippen molar-refractivity contribution in [1.29, 1.82) is 0 Å². The number of carbonyl (C=O) groups is 1. The van der Waals surface area contributed by atoms with Crippen molar-refractivity contribution >= 4 is 14.4 Å². The predicted octanol–water partition coefficient (Wildman–Crippen LogP) is 4.78. The van der Waals surface area contributed by atoms with Gasteiger partial charge in [0.05, 0.1) is 5.76 Å². The molecule has 4 nitrogen and oxygen atoms in total. The molecule has 0 saturated carbocycles. The molecule has 0 spiro atoms. The molecule has 0 aromatic carbocycles. The Morgan fingerprint density at radius 3 is 2.45 bits per heavy atom. The van der Waals surface area contributed by atoms with Gasteiger partial charge in [0.2, 0.25) is 8.32 Å². The number of rotatable bonds is 5. The molecule has 1 amide bonds. The van der Waals surface area contributed by atoms with Gasteiger partial charge in [-0.05, 0) is 51.9 Å². The van der Waals surface area contributed by atoms with Gasteiger partial charge in [-0.1, -0.05) is 20.3 Å². The monoisotopic (exact) mass is 327 g/mol. The van der Waals surface area contributed by atoms with Crippen LogP contribution in [-0.4, -0.2) is 38.0 Å². The van der Waals surface area contributed by atoms with Crippen LogP contribution < -0.4 is 0 Å². The van der Waals surface area contributed by atoms with Crippen LogP contribution in [-0.2, 0) is 9.16 Å². The molecule has 128 valence electrons. The van der Waals surface area contributed by atoms with Crippen molar-refractivity contribution in [2.24, 2.45) is 5.92 Å². The van der Waals surface area contributed by atoms with Crippen molar-refractivity contribution in [3.05, 3.63) is 11.8 Å². The number of carbonyl (C=O) groups excluding carboxylic acids is 1. The minimum Gasteiger partial charge on any atom is -0.547 e. The van der Waals surface area contributed by atoms with E-state index in [0.29, 0.717) is 13.1 Å². The molecule has 1 heterocycles. The van der Waals surface area contributed by atoms with E-state index in [0.717, 1.165) is 18.1 Å². The molecule has 22 heavy (non-hydrogen) atoms. The summed E-state index contributed by atoms with van der Waals surface area (Å²) in [7, 11) is -1.64. The first-order valence-electron chi connectivity index (χ1n) is 8.34. The molecule has 0 N–H and O–H groups in total. The van der Waals surface area contributed by atoms with Crippen LogP contribution in [0.3, 0.4) is 0 Å². The van der Waals surface area contributed by atoms with Crippen molar-refractivity contribution in [3.63, 3.8) is 0 Å². The summed E-state index contributed by atoms with van der Waals surface area (Å²) in [5.41, 5.74) is -0.441. The zero-order chi connectivity index (χ0) is 17.0. The van der Waals surface area contributed by atoms with Gasteiger partial charge in [-0.15, -0.1) is 0 Å². The zero-order valence-corrected chi connectivity index (χ0v) is 16.4. The fraction of sp³-hybridized carbons (Fsp3) is 0.824. The summed E-state index contributed by atoms with van der Waals surface area (Å²) in [5, 5.41) is 0. The van der Waals surface area contributed by atoms with Gasteiger partial charge in [0.15, 0.2) is 0 Å². The average Bonchev–Trinajstić information content (AvgIpc) is 2.35. The van der Waals surface area contributed by atoms with E-state index < -0.39 is 13.9 Å². The fourth-order valence-electron chi connectivity index (χ4n) is 2.28. The van der Waals surface area contributed by atoms with E-state index in [4.69, 9.17) is 9.16 Å². The third-order valence-corrected chi connectivity index (χ3v) is 5.86. The Hall–Kier alpha value is -0.973. The molecular formula is C17H33NO3Si. The molecule has 0 atom stereocenters. The largest absolute Gasteiger partial charge is 0.547 e. The van der Waals surface area contributed by atoms with Crippen molar-refractivity contribution in [2.45, 2.75) is 72.2 Å². The van der Waals surface area contributed by atoms with Crippen LogP contribution in [0.2, 0.25) is 19.1 Å². The standard InChI is InChI=1S/C17H33NO3Si/c1-14(2)10-13-22(6,7)21-15-8-11-18(12-9-15)16(19)20-17(3,4)5/h8,14H,9-13H2,1-7H3. The van der Waals surface area contributed by atoms with Crippen LogP contribution in [0.4, 0.5) is 4.79 Å². The van der Waals surface area contributed by atoms with Gasteiger partial charge < -0.3 is 14.1 Å². The lowest BCUT2D eigenvalue weighted by Gasteiger charge is -2.32. The smallest absolute Gasteiger partial charge is 0.410 e. The van der Waals surface area contributed by atoms with E-state index >= 15 is 0 Å². The number of hydrogen-bond acceptors (Lipinski definition) is 3. The van der Waals surface area contributed by atoms with E-state index in [9.17, 15) is 4.79 Å². The minimum atomic E-state index is -1.64. The van der Waals surface area contributed by atoms with Crippen LogP contribution >= 0.6 is 0 Å². The first-order valence-corrected chi connectivity index (χ1v) is 11.5. The Kier molecular flexibility index (Phi) is 6.53. The molecule has 0 aliphatic carbocycles. The van der Waals surface area contributed by atoms with Gasteiger partial charge in [-0.25, -0.2) is 4.79 Å². The second-order valence-corrected chi connectivity index (χ2v) is 12.4. The molecule has 1 aliphatic rings. The van der Waals surface area contributed by atoms with E-state index in [1.807, 2.05) is 26.8 Å². The molecular weight excluding hydrogens is 294 g/mol. The van der Waals surface area contributed by atoms with Gasteiger partial charge in [0, 0.05) is 19.5 Å². The Bertz CT molecular complexity index is 411. The molecule has 0 saturated heterocycles. The predicted molar refractivity (Wildman–Crippen MR) is 93.3 cm³/mol. The summed E-state index contributed by atoms with van der Waals surface area (Å²) in [6, 6.07) is 1.18. The van der Waals surface area contributed by atoms with E-state index in [-0.39, 0.29) is 6.09 Å². The third kappa shape index (κ3) is 7.34. The third-order valence-electron chi connectivity index (χ3n) is 3.55. The Labute approximate surface area is 137 Å². The molecule has 0 fully saturated rings. The SMILES string of the molecule is CC(C)CC[Si](C)(C)OC1=CCN(C(=O)OC(C)(C)C)CC1. The van der Waals surface area contributed by atoms with Crippen molar-refractivity contribution in [2.75, 3.05) is 13.1 Å². The van der Waals surface area contributed by atoms with E-state index in [1.54, 1.807) is 4.90 Å². The Morgan fingerprint density at radius 2 is 2.00 bits per heavy atom. The Balaban J connectivity index is 2.49. The molecule has 0 aromatic heterocycles. The maximum atomic E-state index is 12.0. The molecule has 1 rings (SSSR count). The zero-order valence-electron chi connectivity index (χ0n) is 15.4. The highest BCUT2D eigenvalue weighted by Gasteiger charge is 2.28. The van der Waals surface area contributed by atoms with Crippen LogP contribution in [0.15, 0.2) is 11.8 Å². The van der Waals surface area contributed by atoms with Crippen molar-refractivity contribution in [1.82, 2.24) is 4.90 Å². The van der Waals surface area contributed by atoms with Gasteiger partial charge >= 0.3 is 6.09 Å². The van der Waals surface area contributed by atoms with Crippen LogP contribution in [0.1, 0.15) is 47.5 Å². The van der Waals surface area contributed by atoms with Crippen LogP contribution in [0, 0.1) is 5.92 Å². The van der Waals surface area contributed by atoms with Crippen LogP contribution in [0.5, 0.6) is 0 Å². The van der Waals surface area contributed by atoms with E-state index in [2.05, 4.69) is 26.9 Å². The maximum Gasteiger partial charge on any atom is 0.410 e. The first kappa shape index (κ1) is 19.1. The highest BCUT2D eigenvalue weighted by Crippen LogP contribution is 2.24. The highest BCUT2D eigenvalue weighted by molar-refractivity contribution is 6.71. The topological polar surface area (TPSA) is 38.8 Å². The lowest BCUT2D eigenvalue weighted by Crippen LogP contribution is -2.40. The number of amides is 1. The molecule has 0 aromatic rings. The minimum absolute atomic E-state index is 0.237. The molecule has 5 heteroatoms. The fourth-order valence-corrected chi connectivity index (χ4v) is 4.55. The van der Waals surface area contributed by atoms with Gasteiger partial charge in [-0.3, -0.25) is 0 Å². The average molecular weight is 328 g/mol. The molecule has 0 unspecified atom stereocenters. The number of hydrogen-bond donors (Lipinski definition) is 0. The summed E-state index contributed by atoms with van der Waals surface area (Å²) >= 11 is 0.